The zero-order valence-corrected chi connectivity index (χ0v) is 24.2. The van der Waals surface area contributed by atoms with Crippen LogP contribution in [0.5, 0.6) is 5.75 Å². The number of methoxy groups -OCH3 is 1. The molecular formula is C27H32BrN5O5S. The highest BCUT2D eigenvalue weighted by atomic mass is 79.9. The van der Waals surface area contributed by atoms with Crippen LogP contribution in [0, 0.1) is 5.92 Å². The fourth-order valence-electron chi connectivity index (χ4n) is 5.11. The minimum absolute atomic E-state index is 0.0765. The number of hydrogen-bond acceptors (Lipinski definition) is 8. The Labute approximate surface area is 236 Å². The molecule has 1 N–H and O–H groups in total. The molecule has 2 aromatic carbocycles. The average Bonchev–Trinajstić information content (AvgIpc) is 3.42. The summed E-state index contributed by atoms with van der Waals surface area (Å²) < 4.78 is 39.9. The molecule has 1 aromatic heterocycles. The van der Waals surface area contributed by atoms with E-state index in [1.54, 1.807) is 12.1 Å². The molecule has 0 aliphatic carbocycles. The summed E-state index contributed by atoms with van der Waals surface area (Å²) >= 11 is 3.46. The lowest BCUT2D eigenvalue weighted by Gasteiger charge is -2.31. The maximum Gasteiger partial charge on any atom is 0.246 e. The van der Waals surface area contributed by atoms with Crippen molar-refractivity contribution in [2.24, 2.45) is 5.92 Å². The first kappa shape index (κ1) is 27.8. The monoisotopic (exact) mass is 617 g/mol. The molecule has 0 saturated carbocycles. The third-order valence-corrected chi connectivity index (χ3v) is 9.56. The molecule has 1 amide bonds. The molecule has 12 heteroatoms. The molecule has 2 aliphatic rings. The molecule has 5 rings (SSSR count). The van der Waals surface area contributed by atoms with E-state index in [0.717, 1.165) is 48.7 Å². The highest BCUT2D eigenvalue weighted by Gasteiger charge is 2.31. The topological polar surface area (TPSA) is 118 Å². The van der Waals surface area contributed by atoms with Crippen molar-refractivity contribution >= 4 is 37.5 Å². The second kappa shape index (κ2) is 12.2. The third-order valence-electron chi connectivity index (χ3n) is 7.15. The summed E-state index contributed by atoms with van der Waals surface area (Å²) in [6.07, 6.45) is 4.29. The average molecular weight is 619 g/mol. The van der Waals surface area contributed by atoms with Gasteiger partial charge in [0.25, 0.3) is 0 Å². The fourth-order valence-corrected chi connectivity index (χ4v) is 7.21. The summed E-state index contributed by atoms with van der Waals surface area (Å²) in [6, 6.07) is 12.5. The number of likely N-dealkylation sites (tertiary alicyclic amines) is 1. The van der Waals surface area contributed by atoms with Crippen LogP contribution in [0.2, 0.25) is 0 Å². The number of aromatic nitrogens is 2. The summed E-state index contributed by atoms with van der Waals surface area (Å²) in [5, 5.41) is 7.04. The Morgan fingerprint density at radius 1 is 1.13 bits per heavy atom. The van der Waals surface area contributed by atoms with Gasteiger partial charge in [-0.1, -0.05) is 39.6 Å². The van der Waals surface area contributed by atoms with E-state index in [0.29, 0.717) is 43.6 Å². The molecule has 39 heavy (non-hydrogen) atoms. The van der Waals surface area contributed by atoms with Gasteiger partial charge in [0.15, 0.2) is 0 Å². The molecule has 1 atom stereocenters. The van der Waals surface area contributed by atoms with Gasteiger partial charge in [-0.2, -0.15) is 9.29 Å². The van der Waals surface area contributed by atoms with E-state index in [9.17, 15) is 13.2 Å². The minimum atomic E-state index is -3.73. The van der Waals surface area contributed by atoms with Gasteiger partial charge in [-0.15, -0.1) is 0 Å². The first-order valence-electron chi connectivity index (χ1n) is 13.1. The molecule has 3 aromatic rings. The number of hydrogen-bond donors (Lipinski definition) is 1. The Morgan fingerprint density at radius 2 is 1.95 bits per heavy atom. The molecule has 0 spiro atoms. The summed E-state index contributed by atoms with van der Waals surface area (Å²) in [4.78, 5) is 20.0. The molecule has 1 unspecified atom stereocenters. The van der Waals surface area contributed by atoms with Gasteiger partial charge in [0.05, 0.1) is 19.6 Å². The molecule has 10 nitrogen and oxygen atoms in total. The van der Waals surface area contributed by atoms with Crippen molar-refractivity contribution in [2.75, 3.05) is 38.6 Å². The Bertz CT molecular complexity index is 1420. The highest BCUT2D eigenvalue weighted by Crippen LogP contribution is 2.32. The van der Waals surface area contributed by atoms with Gasteiger partial charge >= 0.3 is 0 Å². The lowest BCUT2D eigenvalue weighted by Crippen LogP contribution is -2.40. The highest BCUT2D eigenvalue weighted by molar-refractivity contribution is 9.10. The standard InChI is InChI=1S/C27H32BrN5O5S/c1-37-23-11-10-22(16-24(23)39(35,36)33-13-3-2-4-14-33)29-27(34)20-8-6-12-32(17-20)18-25-30-26(31-38-25)19-7-5-9-21(28)15-19/h5,7,9-11,15-16,20H,2-4,6,8,12-14,17-18H2,1H3,(H,29,34). The van der Waals surface area contributed by atoms with Crippen LogP contribution < -0.4 is 10.1 Å². The number of benzene rings is 2. The summed E-state index contributed by atoms with van der Waals surface area (Å²) in [6.45, 7) is 2.79. The molecule has 0 bridgehead atoms. The molecule has 208 valence electrons. The van der Waals surface area contributed by atoms with Crippen molar-refractivity contribution in [3.8, 4) is 17.1 Å². The molecule has 3 heterocycles. The van der Waals surface area contributed by atoms with Gasteiger partial charge in [-0.25, -0.2) is 8.42 Å². The largest absolute Gasteiger partial charge is 0.495 e. The van der Waals surface area contributed by atoms with Crippen molar-refractivity contribution < 1.29 is 22.5 Å². The maximum absolute atomic E-state index is 13.3. The smallest absolute Gasteiger partial charge is 0.246 e. The van der Waals surface area contributed by atoms with Gasteiger partial charge in [0, 0.05) is 35.4 Å². The lowest BCUT2D eigenvalue weighted by molar-refractivity contribution is -0.121. The number of halogens is 1. The number of rotatable bonds is 8. The van der Waals surface area contributed by atoms with Crippen LogP contribution >= 0.6 is 15.9 Å². The van der Waals surface area contributed by atoms with Crippen LogP contribution in [0.25, 0.3) is 11.4 Å². The van der Waals surface area contributed by atoms with Gasteiger partial charge in [0.1, 0.15) is 10.6 Å². The van der Waals surface area contributed by atoms with E-state index >= 15 is 0 Å². The number of sulfonamides is 1. The van der Waals surface area contributed by atoms with Crippen LogP contribution in [0.15, 0.2) is 56.4 Å². The van der Waals surface area contributed by atoms with Gasteiger partial charge in [-0.05, 0) is 62.6 Å². The number of piperidine rings is 2. The Morgan fingerprint density at radius 3 is 2.72 bits per heavy atom. The molecule has 2 fully saturated rings. The quantitative estimate of drug-likeness (QED) is 0.392. The van der Waals surface area contributed by atoms with Crippen molar-refractivity contribution in [1.29, 1.82) is 0 Å². The van der Waals surface area contributed by atoms with Gasteiger partial charge in [0.2, 0.25) is 27.6 Å². The molecule has 0 radical (unpaired) electrons. The van der Waals surface area contributed by atoms with Crippen LogP contribution in [-0.4, -0.2) is 67.0 Å². The van der Waals surface area contributed by atoms with Crippen LogP contribution in [0.4, 0.5) is 5.69 Å². The Kier molecular flexibility index (Phi) is 8.65. The number of carbonyl (C=O) groups is 1. The van der Waals surface area contributed by atoms with Crippen LogP contribution in [0.1, 0.15) is 38.0 Å². The van der Waals surface area contributed by atoms with Gasteiger partial charge < -0.3 is 14.6 Å². The Hall–Kier alpha value is -2.80. The van der Waals surface area contributed by atoms with Crippen molar-refractivity contribution in [3.05, 3.63) is 52.8 Å². The summed E-state index contributed by atoms with van der Waals surface area (Å²) in [7, 11) is -2.28. The van der Waals surface area contributed by atoms with Gasteiger partial charge in [-0.3, -0.25) is 9.69 Å². The zero-order valence-electron chi connectivity index (χ0n) is 21.8. The second-order valence-electron chi connectivity index (χ2n) is 9.92. The zero-order chi connectivity index (χ0) is 27.4. The van der Waals surface area contributed by atoms with E-state index in [1.165, 1.54) is 17.5 Å². The van der Waals surface area contributed by atoms with E-state index in [1.807, 2.05) is 24.3 Å². The second-order valence-corrected chi connectivity index (χ2v) is 12.7. The normalized spacial score (nSPS) is 19.1. The number of nitrogens with zero attached hydrogens (tertiary/aromatic N) is 4. The predicted molar refractivity (Wildman–Crippen MR) is 150 cm³/mol. The van der Waals surface area contributed by atoms with E-state index in [2.05, 4.69) is 36.3 Å². The number of amides is 1. The van der Waals surface area contributed by atoms with Crippen molar-refractivity contribution in [3.63, 3.8) is 0 Å². The predicted octanol–water partition coefficient (Wildman–Crippen LogP) is 4.53. The number of ether oxygens (including phenoxy) is 1. The summed E-state index contributed by atoms with van der Waals surface area (Å²) in [5.41, 5.74) is 1.29. The van der Waals surface area contributed by atoms with Crippen molar-refractivity contribution in [1.82, 2.24) is 19.3 Å². The lowest BCUT2D eigenvalue weighted by atomic mass is 9.97. The molecule has 2 aliphatic heterocycles. The third kappa shape index (κ3) is 6.51. The summed E-state index contributed by atoms with van der Waals surface area (Å²) in [5.74, 6) is 0.882. The minimum Gasteiger partial charge on any atom is -0.495 e. The Balaban J connectivity index is 1.24. The SMILES string of the molecule is COc1ccc(NC(=O)C2CCCN(Cc3nc(-c4cccc(Br)c4)no3)C2)cc1S(=O)(=O)N1CCCCC1. The first-order chi connectivity index (χ1) is 18.8. The van der Waals surface area contributed by atoms with Crippen LogP contribution in [-0.2, 0) is 21.4 Å². The first-order valence-corrected chi connectivity index (χ1v) is 15.4. The van der Waals surface area contributed by atoms with Crippen molar-refractivity contribution in [2.45, 2.75) is 43.5 Å². The fraction of sp³-hybridized carbons (Fsp3) is 0.444. The molecular weight excluding hydrogens is 586 g/mol. The maximum atomic E-state index is 13.3. The number of nitrogens with one attached hydrogen (secondary N) is 1. The number of anilines is 1. The van der Waals surface area contributed by atoms with E-state index < -0.39 is 10.0 Å². The van der Waals surface area contributed by atoms with Crippen LogP contribution in [0.3, 0.4) is 0 Å². The van der Waals surface area contributed by atoms with E-state index in [-0.39, 0.29) is 22.5 Å². The van der Waals surface area contributed by atoms with E-state index in [4.69, 9.17) is 9.26 Å². The molecule has 2 saturated heterocycles. The number of carbonyl (C=O) groups excluding carboxylic acids is 1.